The van der Waals surface area contributed by atoms with Gasteiger partial charge < -0.3 is 10.0 Å². The molecule has 0 aliphatic heterocycles. The summed E-state index contributed by atoms with van der Waals surface area (Å²) in [7, 11) is -1.47. The zero-order chi connectivity index (χ0) is 26.7. The molecule has 0 radical (unpaired) electrons. The monoisotopic (exact) mass is 586 g/mol. The number of carbonyl (C=O) groups excluding carboxylic acids is 2. The number of hydrogen-bond donors (Lipinski definition) is 2. The molecule has 10 heteroatoms. The molecular formula is C26H22BBrCl2N2O4. The normalized spacial score (nSPS) is 9.75. The van der Waals surface area contributed by atoms with Gasteiger partial charge >= 0.3 is 7.12 Å². The molecule has 184 valence electrons. The number of aromatic nitrogens is 2. The van der Waals surface area contributed by atoms with Crippen molar-refractivity contribution in [2.75, 3.05) is 0 Å². The van der Waals surface area contributed by atoms with E-state index in [1.54, 1.807) is 38.2 Å². The first kappa shape index (κ1) is 29.4. The molecule has 36 heavy (non-hydrogen) atoms. The molecule has 2 aromatic carbocycles. The summed E-state index contributed by atoms with van der Waals surface area (Å²) < 4.78 is 0.945. The van der Waals surface area contributed by atoms with Gasteiger partial charge in [-0.15, -0.1) is 0 Å². The van der Waals surface area contributed by atoms with Gasteiger partial charge in [-0.25, -0.2) is 9.97 Å². The third-order valence-electron chi connectivity index (χ3n) is 4.61. The SMILES string of the molecule is CC(=O)c1cccc(-c2ccnc(Cl)c2)c1.CC(=O)c1cccc(Br)c1.OB(O)c1ccnc(Cl)c1. The molecule has 0 atom stereocenters. The zero-order valence-corrected chi connectivity index (χ0v) is 22.5. The van der Waals surface area contributed by atoms with E-state index in [0.29, 0.717) is 16.2 Å². The van der Waals surface area contributed by atoms with Gasteiger partial charge in [0.15, 0.2) is 11.6 Å². The van der Waals surface area contributed by atoms with E-state index in [2.05, 4.69) is 25.9 Å². The Bertz CT molecular complexity index is 1340. The van der Waals surface area contributed by atoms with Gasteiger partial charge in [0.2, 0.25) is 0 Å². The Balaban J connectivity index is 0.000000200. The Labute approximate surface area is 228 Å². The van der Waals surface area contributed by atoms with E-state index in [-0.39, 0.29) is 16.7 Å². The highest BCUT2D eigenvalue weighted by molar-refractivity contribution is 9.10. The molecular weight excluding hydrogens is 566 g/mol. The fourth-order valence-electron chi connectivity index (χ4n) is 2.79. The summed E-state index contributed by atoms with van der Waals surface area (Å²) in [6, 6.07) is 21.3. The number of pyridine rings is 2. The van der Waals surface area contributed by atoms with Crippen molar-refractivity contribution in [2.24, 2.45) is 0 Å². The molecule has 4 rings (SSSR count). The molecule has 0 aliphatic carbocycles. The Hall–Kier alpha value is -2.88. The Morgan fingerprint density at radius 1 is 0.750 bits per heavy atom. The van der Waals surface area contributed by atoms with Gasteiger partial charge in [-0.1, -0.05) is 69.5 Å². The second-order valence-corrected chi connectivity index (χ2v) is 9.05. The maximum absolute atomic E-state index is 11.3. The molecule has 2 N–H and O–H groups in total. The maximum Gasteiger partial charge on any atom is 0.488 e. The van der Waals surface area contributed by atoms with E-state index in [4.69, 9.17) is 33.2 Å². The zero-order valence-electron chi connectivity index (χ0n) is 19.4. The Morgan fingerprint density at radius 2 is 1.28 bits per heavy atom. The highest BCUT2D eigenvalue weighted by Gasteiger charge is 2.10. The van der Waals surface area contributed by atoms with Crippen LogP contribution in [-0.2, 0) is 0 Å². The average Bonchev–Trinajstić information content (AvgIpc) is 2.85. The van der Waals surface area contributed by atoms with Crippen molar-refractivity contribution in [1.82, 2.24) is 9.97 Å². The fourth-order valence-corrected chi connectivity index (χ4v) is 3.54. The van der Waals surface area contributed by atoms with E-state index >= 15 is 0 Å². The minimum atomic E-state index is -1.47. The fraction of sp³-hybridized carbons (Fsp3) is 0.0769. The van der Waals surface area contributed by atoms with Gasteiger partial charge in [-0.05, 0) is 72.9 Å². The third-order valence-corrected chi connectivity index (χ3v) is 5.52. The van der Waals surface area contributed by atoms with Crippen LogP contribution >= 0.6 is 39.1 Å². The number of ketones is 2. The molecule has 4 aromatic rings. The minimum Gasteiger partial charge on any atom is -0.423 e. The lowest BCUT2D eigenvalue weighted by molar-refractivity contribution is 0.100. The van der Waals surface area contributed by atoms with E-state index in [9.17, 15) is 9.59 Å². The van der Waals surface area contributed by atoms with Gasteiger partial charge in [-0.2, -0.15) is 0 Å². The second kappa shape index (κ2) is 14.6. The van der Waals surface area contributed by atoms with Gasteiger partial charge in [-0.3, -0.25) is 9.59 Å². The summed E-state index contributed by atoms with van der Waals surface area (Å²) in [5.41, 5.74) is 3.72. The van der Waals surface area contributed by atoms with Crippen LogP contribution in [0.5, 0.6) is 0 Å². The topological polar surface area (TPSA) is 100 Å². The largest absolute Gasteiger partial charge is 0.488 e. The van der Waals surface area contributed by atoms with E-state index in [0.717, 1.165) is 21.2 Å². The molecule has 0 saturated heterocycles. The van der Waals surface area contributed by atoms with Crippen LogP contribution in [0, 0.1) is 0 Å². The molecule has 6 nitrogen and oxygen atoms in total. The first-order valence-corrected chi connectivity index (χ1v) is 12.1. The number of benzene rings is 2. The number of nitrogens with zero attached hydrogens (tertiary/aromatic N) is 2. The van der Waals surface area contributed by atoms with Gasteiger partial charge in [0.05, 0.1) is 0 Å². The van der Waals surface area contributed by atoms with E-state index in [1.807, 2.05) is 42.5 Å². The minimum absolute atomic E-state index is 0.0574. The van der Waals surface area contributed by atoms with Crippen molar-refractivity contribution in [3.8, 4) is 11.1 Å². The average molecular weight is 588 g/mol. The summed E-state index contributed by atoms with van der Waals surface area (Å²) >= 11 is 14.6. The van der Waals surface area contributed by atoms with Crippen LogP contribution in [0.25, 0.3) is 11.1 Å². The summed E-state index contributed by atoms with van der Waals surface area (Å²) in [6.07, 6.45) is 3.06. The molecule has 0 unspecified atom stereocenters. The molecule has 0 amide bonds. The smallest absolute Gasteiger partial charge is 0.423 e. The van der Waals surface area contributed by atoms with Gasteiger partial charge in [0.1, 0.15) is 10.3 Å². The summed E-state index contributed by atoms with van der Waals surface area (Å²) in [6.45, 7) is 3.11. The predicted octanol–water partition coefficient (Wildman–Crippen LogP) is 5.67. The lowest BCUT2D eigenvalue weighted by atomic mass is 9.81. The van der Waals surface area contributed by atoms with Crippen molar-refractivity contribution < 1.29 is 19.6 Å². The van der Waals surface area contributed by atoms with Crippen LogP contribution in [0.3, 0.4) is 0 Å². The first-order chi connectivity index (χ1) is 17.1. The number of Topliss-reactive ketones (excluding diaryl/α,β-unsaturated/α-hetero) is 2. The Morgan fingerprint density at radius 3 is 1.75 bits per heavy atom. The number of halogens is 3. The van der Waals surface area contributed by atoms with Crippen LogP contribution in [-0.4, -0.2) is 38.7 Å². The van der Waals surface area contributed by atoms with E-state index in [1.165, 1.54) is 18.3 Å². The van der Waals surface area contributed by atoms with Crippen molar-refractivity contribution in [2.45, 2.75) is 13.8 Å². The molecule has 0 saturated carbocycles. The van der Waals surface area contributed by atoms with Crippen LogP contribution in [0.4, 0.5) is 0 Å². The first-order valence-electron chi connectivity index (χ1n) is 10.5. The number of rotatable bonds is 4. The predicted molar refractivity (Wildman–Crippen MR) is 148 cm³/mol. The number of hydrogen-bond acceptors (Lipinski definition) is 6. The van der Waals surface area contributed by atoms with Crippen molar-refractivity contribution >= 4 is 63.3 Å². The molecule has 2 heterocycles. The Kier molecular flexibility index (Phi) is 11.9. The van der Waals surface area contributed by atoms with Crippen molar-refractivity contribution in [3.05, 3.63) is 111 Å². The lowest BCUT2D eigenvalue weighted by Gasteiger charge is -2.03. The van der Waals surface area contributed by atoms with Crippen LogP contribution in [0.2, 0.25) is 10.3 Å². The standard InChI is InChI=1S/C13H10ClNO.C8H7BrO.C5H5BClNO2/c1-9(16)10-3-2-4-11(7-10)12-5-6-15-13(14)8-12;1-6(10)7-3-2-4-8(9)5-7;7-5-3-4(6(9)10)1-2-8-5/h2-8H,1H3;2-5H,1H3;1-3,9-10H. The number of carbonyl (C=O) groups is 2. The van der Waals surface area contributed by atoms with Gasteiger partial charge in [0.25, 0.3) is 0 Å². The highest BCUT2D eigenvalue weighted by Crippen LogP contribution is 2.22. The highest BCUT2D eigenvalue weighted by atomic mass is 79.9. The summed E-state index contributed by atoms with van der Waals surface area (Å²) in [5.74, 6) is 0.156. The quantitative estimate of drug-likeness (QED) is 0.181. The van der Waals surface area contributed by atoms with Crippen molar-refractivity contribution in [3.63, 3.8) is 0 Å². The van der Waals surface area contributed by atoms with Crippen molar-refractivity contribution in [1.29, 1.82) is 0 Å². The maximum atomic E-state index is 11.3. The van der Waals surface area contributed by atoms with Crippen LogP contribution in [0.1, 0.15) is 34.6 Å². The molecule has 0 fully saturated rings. The third kappa shape index (κ3) is 10.0. The van der Waals surface area contributed by atoms with Crippen LogP contribution < -0.4 is 5.46 Å². The molecule has 0 bridgehead atoms. The molecule has 0 aliphatic rings. The van der Waals surface area contributed by atoms with Crippen LogP contribution in [0.15, 0.2) is 89.7 Å². The second-order valence-electron chi connectivity index (χ2n) is 7.36. The molecule has 2 aromatic heterocycles. The lowest BCUT2D eigenvalue weighted by Crippen LogP contribution is -2.29. The molecule has 0 spiro atoms. The summed E-state index contributed by atoms with van der Waals surface area (Å²) in [4.78, 5) is 29.6. The summed E-state index contributed by atoms with van der Waals surface area (Å²) in [5, 5.41) is 17.9. The van der Waals surface area contributed by atoms with Gasteiger partial charge in [0, 0.05) is 28.0 Å². The van der Waals surface area contributed by atoms with E-state index < -0.39 is 7.12 Å².